The van der Waals surface area contributed by atoms with Gasteiger partial charge in [0.25, 0.3) is 0 Å². The summed E-state index contributed by atoms with van der Waals surface area (Å²) in [4.78, 5) is 23.8. The third kappa shape index (κ3) is 6.18. The van der Waals surface area contributed by atoms with Crippen molar-refractivity contribution in [1.29, 1.82) is 0 Å². The van der Waals surface area contributed by atoms with E-state index in [1.165, 1.54) is 0 Å². The Balaban J connectivity index is 0.937. The van der Waals surface area contributed by atoms with Gasteiger partial charge in [-0.05, 0) is 38.5 Å². The van der Waals surface area contributed by atoms with Gasteiger partial charge in [-0.2, -0.15) is 0 Å². The van der Waals surface area contributed by atoms with Crippen LogP contribution in [-0.4, -0.2) is 48.6 Å². The van der Waals surface area contributed by atoms with Crippen molar-refractivity contribution in [3.63, 3.8) is 0 Å². The van der Waals surface area contributed by atoms with Gasteiger partial charge in [-0.1, -0.05) is 25.7 Å². The van der Waals surface area contributed by atoms with Crippen molar-refractivity contribution < 1.29 is 28.5 Å². The third-order valence-corrected chi connectivity index (χ3v) is 6.52. The van der Waals surface area contributed by atoms with Crippen molar-refractivity contribution in [3.05, 3.63) is 0 Å². The minimum atomic E-state index is -0.0579. The number of fused-ring (bicyclic) bond motifs is 2. The maximum atomic E-state index is 11.9. The zero-order valence-corrected chi connectivity index (χ0v) is 16.8. The molecular formula is C22H34O6. The molecule has 2 aliphatic heterocycles. The molecule has 6 unspecified atom stereocenters. The molecule has 4 fully saturated rings. The Labute approximate surface area is 167 Å². The molecule has 6 nitrogen and oxygen atoms in total. The molecule has 0 amide bonds. The predicted molar refractivity (Wildman–Crippen MR) is 102 cm³/mol. The molecule has 0 bridgehead atoms. The monoisotopic (exact) mass is 394 g/mol. The van der Waals surface area contributed by atoms with E-state index in [-0.39, 0.29) is 24.1 Å². The second kappa shape index (κ2) is 9.57. The maximum Gasteiger partial charge on any atom is 0.306 e. The Hall–Kier alpha value is -1.14. The van der Waals surface area contributed by atoms with Crippen LogP contribution in [0.15, 0.2) is 0 Å². The topological polar surface area (TPSA) is 77.7 Å². The molecule has 0 aromatic carbocycles. The molecule has 28 heavy (non-hydrogen) atoms. The summed E-state index contributed by atoms with van der Waals surface area (Å²) in [7, 11) is 0. The predicted octanol–water partition coefficient (Wildman–Crippen LogP) is 3.83. The van der Waals surface area contributed by atoms with Gasteiger partial charge in [-0.15, -0.1) is 0 Å². The van der Waals surface area contributed by atoms with E-state index >= 15 is 0 Å². The Morgan fingerprint density at radius 2 is 1.04 bits per heavy atom. The Morgan fingerprint density at radius 3 is 1.46 bits per heavy atom. The molecule has 2 heterocycles. The van der Waals surface area contributed by atoms with Gasteiger partial charge in [-0.3, -0.25) is 9.59 Å². The standard InChI is InChI=1S/C22H34O6/c23-21(25-15-9-11-17-19(13-15)27-17)7-5-3-1-2-4-6-8-22(24)26-16-10-12-18-20(14-16)28-18/h15-20H,1-14H2. The minimum Gasteiger partial charge on any atom is -0.462 e. The van der Waals surface area contributed by atoms with Gasteiger partial charge in [-0.25, -0.2) is 0 Å². The zero-order valence-electron chi connectivity index (χ0n) is 16.8. The van der Waals surface area contributed by atoms with Crippen LogP contribution in [0.5, 0.6) is 0 Å². The zero-order chi connectivity index (χ0) is 19.3. The first-order valence-corrected chi connectivity index (χ1v) is 11.4. The summed E-state index contributed by atoms with van der Waals surface area (Å²) in [6, 6.07) is 0. The van der Waals surface area contributed by atoms with Gasteiger partial charge in [0.2, 0.25) is 0 Å². The smallest absolute Gasteiger partial charge is 0.306 e. The molecule has 2 aliphatic carbocycles. The molecule has 0 radical (unpaired) electrons. The van der Waals surface area contributed by atoms with Crippen LogP contribution in [0.25, 0.3) is 0 Å². The minimum absolute atomic E-state index is 0.0579. The number of epoxide rings is 2. The fourth-order valence-corrected chi connectivity index (χ4v) is 4.68. The lowest BCUT2D eigenvalue weighted by molar-refractivity contribution is -0.151. The van der Waals surface area contributed by atoms with Crippen LogP contribution in [-0.2, 0) is 28.5 Å². The highest BCUT2D eigenvalue weighted by molar-refractivity contribution is 5.69. The Morgan fingerprint density at radius 1 is 0.607 bits per heavy atom. The Kier molecular flexibility index (Phi) is 6.89. The first-order valence-electron chi connectivity index (χ1n) is 11.4. The quantitative estimate of drug-likeness (QED) is 0.301. The fourth-order valence-electron chi connectivity index (χ4n) is 4.68. The molecule has 4 rings (SSSR count). The number of carbonyl (C=O) groups excluding carboxylic acids is 2. The molecule has 6 atom stereocenters. The normalized spacial score (nSPS) is 35.4. The van der Waals surface area contributed by atoms with E-state index in [9.17, 15) is 9.59 Å². The van der Waals surface area contributed by atoms with Gasteiger partial charge in [0.1, 0.15) is 12.2 Å². The molecule has 0 N–H and O–H groups in total. The molecule has 6 heteroatoms. The van der Waals surface area contributed by atoms with Crippen molar-refractivity contribution in [2.75, 3.05) is 0 Å². The van der Waals surface area contributed by atoms with Gasteiger partial charge in [0, 0.05) is 25.7 Å². The van der Waals surface area contributed by atoms with Crippen LogP contribution < -0.4 is 0 Å². The summed E-state index contributed by atoms with van der Waals surface area (Å²) in [5.74, 6) is -0.116. The molecule has 4 aliphatic rings. The van der Waals surface area contributed by atoms with E-state index < -0.39 is 0 Å². The van der Waals surface area contributed by atoms with Crippen LogP contribution in [0.2, 0.25) is 0 Å². The first-order chi connectivity index (χ1) is 13.7. The summed E-state index contributed by atoms with van der Waals surface area (Å²) in [6.07, 6.45) is 14.6. The summed E-state index contributed by atoms with van der Waals surface area (Å²) in [6.45, 7) is 0. The van der Waals surface area contributed by atoms with Crippen molar-refractivity contribution in [2.45, 2.75) is 127 Å². The highest BCUT2D eigenvalue weighted by atomic mass is 16.6. The average molecular weight is 395 g/mol. The lowest BCUT2D eigenvalue weighted by atomic mass is 9.98. The summed E-state index contributed by atoms with van der Waals surface area (Å²) in [5.41, 5.74) is 0. The number of unbranched alkanes of at least 4 members (excludes halogenated alkanes) is 5. The van der Waals surface area contributed by atoms with E-state index in [1.54, 1.807) is 0 Å². The second-order valence-corrected chi connectivity index (χ2v) is 8.90. The summed E-state index contributed by atoms with van der Waals surface area (Å²) in [5, 5.41) is 0. The molecule has 2 saturated carbocycles. The van der Waals surface area contributed by atoms with Crippen molar-refractivity contribution >= 4 is 11.9 Å². The first kappa shape index (κ1) is 20.1. The third-order valence-electron chi connectivity index (χ3n) is 6.52. The highest BCUT2D eigenvalue weighted by Crippen LogP contribution is 2.38. The molecule has 0 aromatic rings. The Bertz CT molecular complexity index is 501. The highest BCUT2D eigenvalue weighted by Gasteiger charge is 2.45. The number of hydrogen-bond donors (Lipinski definition) is 0. The van der Waals surface area contributed by atoms with Crippen LogP contribution in [0.3, 0.4) is 0 Å². The summed E-state index contributed by atoms with van der Waals surface area (Å²) < 4.78 is 22.0. The number of rotatable bonds is 11. The maximum absolute atomic E-state index is 11.9. The number of ether oxygens (including phenoxy) is 4. The molecular weight excluding hydrogens is 360 g/mol. The largest absolute Gasteiger partial charge is 0.462 e. The lowest BCUT2D eigenvalue weighted by Gasteiger charge is -2.19. The van der Waals surface area contributed by atoms with Gasteiger partial charge in [0.05, 0.1) is 24.4 Å². The van der Waals surface area contributed by atoms with Crippen molar-refractivity contribution in [1.82, 2.24) is 0 Å². The molecule has 2 saturated heterocycles. The van der Waals surface area contributed by atoms with E-state index in [0.29, 0.717) is 37.3 Å². The van der Waals surface area contributed by atoms with Crippen LogP contribution in [0, 0.1) is 0 Å². The van der Waals surface area contributed by atoms with Crippen molar-refractivity contribution in [3.8, 4) is 0 Å². The fraction of sp³-hybridized carbons (Fsp3) is 0.909. The van der Waals surface area contributed by atoms with Gasteiger partial charge < -0.3 is 18.9 Å². The molecule has 0 aromatic heterocycles. The molecule has 158 valence electrons. The number of carbonyl (C=O) groups is 2. The van der Waals surface area contributed by atoms with Gasteiger partial charge in [0.15, 0.2) is 0 Å². The van der Waals surface area contributed by atoms with Crippen LogP contribution >= 0.6 is 0 Å². The average Bonchev–Trinajstić information content (AvgIpc) is 3.57. The second-order valence-electron chi connectivity index (χ2n) is 8.90. The number of hydrogen-bond acceptors (Lipinski definition) is 6. The van der Waals surface area contributed by atoms with Crippen molar-refractivity contribution in [2.24, 2.45) is 0 Å². The molecule has 0 spiro atoms. The van der Waals surface area contributed by atoms with E-state index in [4.69, 9.17) is 18.9 Å². The van der Waals surface area contributed by atoms with E-state index in [1.807, 2.05) is 0 Å². The van der Waals surface area contributed by atoms with Crippen LogP contribution in [0.4, 0.5) is 0 Å². The summed E-state index contributed by atoms with van der Waals surface area (Å²) >= 11 is 0. The van der Waals surface area contributed by atoms with Crippen LogP contribution in [0.1, 0.15) is 89.9 Å². The van der Waals surface area contributed by atoms with E-state index in [0.717, 1.165) is 77.0 Å². The number of esters is 2. The van der Waals surface area contributed by atoms with E-state index in [2.05, 4.69) is 0 Å². The van der Waals surface area contributed by atoms with Gasteiger partial charge >= 0.3 is 11.9 Å². The lowest BCUT2D eigenvalue weighted by Crippen LogP contribution is -2.24. The SMILES string of the molecule is O=C(CCCCCCCCC(=O)OC1CCC2OC2C1)OC1CCC2OC2C1.